The zero-order chi connectivity index (χ0) is 13.8. The third kappa shape index (κ3) is 3.85. The van der Waals surface area contributed by atoms with E-state index in [-0.39, 0.29) is 17.9 Å². The second-order valence-electron chi connectivity index (χ2n) is 4.60. The van der Waals surface area contributed by atoms with E-state index in [2.05, 4.69) is 45.3 Å². The smallest absolute Gasteiger partial charge is 0.141 e. The van der Waals surface area contributed by atoms with Crippen molar-refractivity contribution in [3.63, 3.8) is 0 Å². The Morgan fingerprint density at radius 3 is 2.53 bits per heavy atom. The van der Waals surface area contributed by atoms with Crippen LogP contribution in [0.5, 0.6) is 0 Å². The van der Waals surface area contributed by atoms with E-state index in [4.69, 9.17) is 0 Å². The van der Waals surface area contributed by atoms with Gasteiger partial charge in [-0.3, -0.25) is 4.98 Å². The molecule has 2 rings (SSSR count). The van der Waals surface area contributed by atoms with E-state index in [0.717, 1.165) is 10.0 Å². The summed E-state index contributed by atoms with van der Waals surface area (Å²) in [5, 5.41) is 3.44. The Labute approximate surface area is 121 Å². The van der Waals surface area contributed by atoms with E-state index in [1.807, 2.05) is 19.1 Å². The van der Waals surface area contributed by atoms with Crippen molar-refractivity contribution < 1.29 is 4.39 Å². The number of halogens is 2. The lowest BCUT2D eigenvalue weighted by Crippen LogP contribution is -2.22. The predicted molar refractivity (Wildman–Crippen MR) is 78.3 cm³/mol. The Hall–Kier alpha value is -1.26. The lowest BCUT2D eigenvalue weighted by Gasteiger charge is -2.20. The third-order valence-corrected chi connectivity index (χ3v) is 3.57. The number of rotatable bonds is 4. The van der Waals surface area contributed by atoms with Crippen LogP contribution < -0.4 is 5.32 Å². The number of nitrogens with one attached hydrogen (secondary N) is 1. The van der Waals surface area contributed by atoms with Gasteiger partial charge in [-0.1, -0.05) is 28.1 Å². The highest BCUT2D eigenvalue weighted by Crippen LogP contribution is 2.21. The van der Waals surface area contributed by atoms with Crippen LogP contribution in [0, 0.1) is 5.82 Å². The fourth-order valence-corrected chi connectivity index (χ4v) is 2.43. The zero-order valence-electron chi connectivity index (χ0n) is 10.9. The summed E-state index contributed by atoms with van der Waals surface area (Å²) < 4.78 is 14.2. The largest absolute Gasteiger partial charge is 0.304 e. The van der Waals surface area contributed by atoms with Gasteiger partial charge in [0.25, 0.3) is 0 Å². The number of nitrogens with zero attached hydrogens (tertiary/aromatic N) is 1. The van der Waals surface area contributed by atoms with Gasteiger partial charge in [0.15, 0.2) is 0 Å². The molecule has 1 N–H and O–H groups in total. The molecule has 2 nitrogen and oxygen atoms in total. The highest BCUT2D eigenvalue weighted by molar-refractivity contribution is 9.10. The molecule has 0 aliphatic heterocycles. The molecular formula is C15H16BrFN2. The summed E-state index contributed by atoms with van der Waals surface area (Å²) >= 11 is 3.46. The maximum Gasteiger partial charge on any atom is 0.141 e. The first-order valence-electron chi connectivity index (χ1n) is 6.18. The van der Waals surface area contributed by atoms with Crippen LogP contribution >= 0.6 is 15.9 Å². The highest BCUT2D eigenvalue weighted by Gasteiger charge is 2.12. The van der Waals surface area contributed by atoms with Gasteiger partial charge in [0.2, 0.25) is 0 Å². The molecule has 1 aromatic heterocycles. The summed E-state index contributed by atoms with van der Waals surface area (Å²) in [5.41, 5.74) is 2.03. The molecule has 19 heavy (non-hydrogen) atoms. The third-order valence-electron chi connectivity index (χ3n) is 3.07. The van der Waals surface area contributed by atoms with E-state index < -0.39 is 0 Å². The maximum atomic E-state index is 13.1. The molecule has 0 saturated carbocycles. The van der Waals surface area contributed by atoms with Crippen LogP contribution in [0.2, 0.25) is 0 Å². The fourth-order valence-electron chi connectivity index (χ4n) is 2.01. The molecule has 4 heteroatoms. The SMILES string of the molecule is CC(NC(C)c1cccc(Br)c1)c1cncc(F)c1. The highest BCUT2D eigenvalue weighted by atomic mass is 79.9. The average Bonchev–Trinajstić information content (AvgIpc) is 2.38. The summed E-state index contributed by atoms with van der Waals surface area (Å²) in [4.78, 5) is 3.88. The lowest BCUT2D eigenvalue weighted by molar-refractivity contribution is 0.490. The van der Waals surface area contributed by atoms with Crippen molar-refractivity contribution >= 4 is 15.9 Å². The predicted octanol–water partition coefficient (Wildman–Crippen LogP) is 4.40. The van der Waals surface area contributed by atoms with Crippen LogP contribution in [0.1, 0.15) is 37.1 Å². The normalized spacial score (nSPS) is 14.1. The minimum Gasteiger partial charge on any atom is -0.304 e. The molecule has 0 radical (unpaired) electrons. The van der Waals surface area contributed by atoms with Gasteiger partial charge in [0.05, 0.1) is 6.20 Å². The summed E-state index contributed by atoms with van der Waals surface area (Å²) in [6, 6.07) is 9.88. The maximum absolute atomic E-state index is 13.1. The van der Waals surface area contributed by atoms with Crippen LogP contribution in [0.3, 0.4) is 0 Å². The molecule has 2 atom stereocenters. The Morgan fingerprint density at radius 1 is 1.11 bits per heavy atom. The first kappa shape index (κ1) is 14.2. The Kier molecular flexibility index (Phi) is 4.66. The van der Waals surface area contributed by atoms with E-state index in [9.17, 15) is 4.39 Å². The minimum absolute atomic E-state index is 0.0391. The zero-order valence-corrected chi connectivity index (χ0v) is 12.5. The molecule has 0 aliphatic carbocycles. The number of hydrogen-bond donors (Lipinski definition) is 1. The van der Waals surface area contributed by atoms with Gasteiger partial charge in [0.1, 0.15) is 5.82 Å². The molecule has 0 saturated heterocycles. The second-order valence-corrected chi connectivity index (χ2v) is 5.52. The number of aromatic nitrogens is 1. The van der Waals surface area contributed by atoms with Gasteiger partial charge < -0.3 is 5.32 Å². The molecule has 0 bridgehead atoms. The monoisotopic (exact) mass is 322 g/mol. The van der Waals surface area contributed by atoms with Crippen LogP contribution in [0.25, 0.3) is 0 Å². The second kappa shape index (κ2) is 6.26. The van der Waals surface area contributed by atoms with Crippen LogP contribution in [-0.4, -0.2) is 4.98 Å². The van der Waals surface area contributed by atoms with Crippen LogP contribution in [0.4, 0.5) is 4.39 Å². The van der Waals surface area contributed by atoms with Gasteiger partial charge in [-0.15, -0.1) is 0 Å². The van der Waals surface area contributed by atoms with Crippen molar-refractivity contribution in [1.29, 1.82) is 0 Å². The fraction of sp³-hybridized carbons (Fsp3) is 0.267. The van der Waals surface area contributed by atoms with Gasteiger partial charge >= 0.3 is 0 Å². The van der Waals surface area contributed by atoms with E-state index >= 15 is 0 Å². The summed E-state index contributed by atoms with van der Waals surface area (Å²) in [6.07, 6.45) is 2.91. The van der Waals surface area contributed by atoms with Crippen molar-refractivity contribution in [2.24, 2.45) is 0 Å². The first-order valence-corrected chi connectivity index (χ1v) is 6.97. The topological polar surface area (TPSA) is 24.9 Å². The molecule has 2 aromatic rings. The quantitative estimate of drug-likeness (QED) is 0.902. The standard InChI is InChI=1S/C15H16BrFN2/c1-10(12-4-3-5-14(16)6-12)19-11(2)13-7-15(17)9-18-8-13/h3-11,19H,1-2H3. The van der Waals surface area contributed by atoms with Gasteiger partial charge in [-0.25, -0.2) is 4.39 Å². The van der Waals surface area contributed by atoms with Crippen LogP contribution in [-0.2, 0) is 0 Å². The van der Waals surface area contributed by atoms with Crippen molar-refractivity contribution in [2.75, 3.05) is 0 Å². The average molecular weight is 323 g/mol. The summed E-state index contributed by atoms with van der Waals surface area (Å²) in [5.74, 6) is -0.304. The molecule has 0 amide bonds. The molecule has 100 valence electrons. The molecule has 1 heterocycles. The van der Waals surface area contributed by atoms with E-state index in [0.29, 0.717) is 0 Å². The Bertz CT molecular complexity index is 510. The molecule has 0 aliphatic rings. The molecule has 0 fully saturated rings. The van der Waals surface area contributed by atoms with Crippen molar-refractivity contribution in [3.8, 4) is 0 Å². The Morgan fingerprint density at radius 2 is 1.84 bits per heavy atom. The van der Waals surface area contributed by atoms with Crippen molar-refractivity contribution in [3.05, 3.63) is 64.1 Å². The van der Waals surface area contributed by atoms with E-state index in [1.165, 1.54) is 17.8 Å². The Balaban J connectivity index is 2.08. The molecule has 2 unspecified atom stereocenters. The van der Waals surface area contributed by atoms with E-state index in [1.54, 1.807) is 6.20 Å². The number of benzene rings is 1. The van der Waals surface area contributed by atoms with Gasteiger partial charge in [-0.2, -0.15) is 0 Å². The van der Waals surface area contributed by atoms with Crippen LogP contribution in [0.15, 0.2) is 47.2 Å². The molecule has 1 aromatic carbocycles. The summed E-state index contributed by atoms with van der Waals surface area (Å²) in [7, 11) is 0. The molecule has 0 spiro atoms. The number of hydrogen-bond acceptors (Lipinski definition) is 2. The minimum atomic E-state index is -0.304. The van der Waals surface area contributed by atoms with Gasteiger partial charge in [-0.05, 0) is 43.2 Å². The first-order chi connectivity index (χ1) is 9.06. The summed E-state index contributed by atoms with van der Waals surface area (Å²) in [6.45, 7) is 4.09. The number of pyridine rings is 1. The molecular weight excluding hydrogens is 307 g/mol. The van der Waals surface area contributed by atoms with Gasteiger partial charge in [0, 0.05) is 22.8 Å². The lowest BCUT2D eigenvalue weighted by atomic mass is 10.1. The van der Waals surface area contributed by atoms with Crippen molar-refractivity contribution in [1.82, 2.24) is 10.3 Å². The van der Waals surface area contributed by atoms with Crippen molar-refractivity contribution in [2.45, 2.75) is 25.9 Å².